The van der Waals surface area contributed by atoms with Crippen LogP contribution in [0.15, 0.2) is 29.4 Å². The van der Waals surface area contributed by atoms with Gasteiger partial charge in [0, 0.05) is 23.9 Å². The summed E-state index contributed by atoms with van der Waals surface area (Å²) in [7, 11) is 0. The van der Waals surface area contributed by atoms with E-state index in [0.717, 1.165) is 17.9 Å². The summed E-state index contributed by atoms with van der Waals surface area (Å²) in [6.07, 6.45) is 11.9. The number of nitrogens with two attached hydrogens (primary N) is 1. The van der Waals surface area contributed by atoms with Crippen molar-refractivity contribution in [2.45, 2.75) is 62.9 Å². The molecule has 138 valence electrons. The Morgan fingerprint density at radius 3 is 2.88 bits per heavy atom. The number of aromatic nitrogens is 3. The van der Waals surface area contributed by atoms with E-state index in [2.05, 4.69) is 33.1 Å². The minimum Gasteiger partial charge on any atom is -0.308 e. The van der Waals surface area contributed by atoms with Crippen LogP contribution < -0.4 is 16.5 Å². The Hall–Kier alpha value is -2.28. The Kier molecular flexibility index (Phi) is 3.77. The van der Waals surface area contributed by atoms with E-state index in [-0.39, 0.29) is 0 Å². The second kappa shape index (κ2) is 6.16. The van der Waals surface area contributed by atoms with Gasteiger partial charge in [-0.25, -0.2) is 4.99 Å². The number of nitrogens with zero attached hydrogens (tertiary/aromatic N) is 3. The standard InChI is InChI=1S/C19H27N7/c20-19(12-13-5-2-1-3-6-13)16-7-4-10-26(16)25-18(22-19)21-17-11-15(23-24-17)14-8-9-14/h4,7,10-11,13-14H,1-3,5-6,8-9,12,20H2,(H3,21,22,23,24,25). The molecule has 0 spiro atoms. The van der Waals surface area contributed by atoms with Crippen molar-refractivity contribution in [2.75, 3.05) is 10.7 Å². The number of nitrogens with one attached hydrogen (secondary N) is 3. The van der Waals surface area contributed by atoms with Gasteiger partial charge in [-0.05, 0) is 37.3 Å². The first-order chi connectivity index (χ1) is 12.7. The lowest BCUT2D eigenvalue weighted by molar-refractivity contribution is 0.256. The number of guanidine groups is 1. The summed E-state index contributed by atoms with van der Waals surface area (Å²) >= 11 is 0. The molecule has 5 N–H and O–H groups in total. The number of hydrogen-bond donors (Lipinski definition) is 4. The van der Waals surface area contributed by atoms with Crippen LogP contribution in [-0.2, 0) is 5.66 Å². The fraction of sp³-hybridized carbons (Fsp3) is 0.579. The highest BCUT2D eigenvalue weighted by Crippen LogP contribution is 2.40. The molecule has 7 heteroatoms. The van der Waals surface area contributed by atoms with Gasteiger partial charge in [0.15, 0.2) is 11.5 Å². The maximum absolute atomic E-state index is 6.84. The number of aromatic amines is 1. The second-order valence-corrected chi connectivity index (χ2v) is 8.08. The maximum Gasteiger partial charge on any atom is 0.218 e. The van der Waals surface area contributed by atoms with E-state index >= 15 is 0 Å². The molecule has 7 nitrogen and oxygen atoms in total. The number of aliphatic imine (C=N–C) groups is 1. The van der Waals surface area contributed by atoms with Crippen molar-refractivity contribution < 1.29 is 0 Å². The molecule has 0 amide bonds. The molecule has 5 rings (SSSR count). The molecular formula is C19H27N7. The first kappa shape index (κ1) is 15.9. The van der Waals surface area contributed by atoms with E-state index < -0.39 is 5.66 Å². The molecule has 3 aliphatic rings. The summed E-state index contributed by atoms with van der Waals surface area (Å²) in [5.41, 5.74) is 11.7. The Balaban J connectivity index is 1.38. The highest BCUT2D eigenvalue weighted by molar-refractivity contribution is 5.99. The fourth-order valence-corrected chi connectivity index (χ4v) is 4.39. The van der Waals surface area contributed by atoms with E-state index in [1.54, 1.807) is 0 Å². The molecule has 0 aromatic carbocycles. The van der Waals surface area contributed by atoms with Crippen molar-refractivity contribution in [3.8, 4) is 0 Å². The van der Waals surface area contributed by atoms with Crippen LogP contribution >= 0.6 is 0 Å². The Morgan fingerprint density at radius 2 is 2.08 bits per heavy atom. The van der Waals surface area contributed by atoms with Gasteiger partial charge in [-0.1, -0.05) is 32.1 Å². The Bertz CT molecular complexity index is 809. The minimum atomic E-state index is -0.700. The third-order valence-corrected chi connectivity index (χ3v) is 5.92. The first-order valence-electron chi connectivity index (χ1n) is 9.85. The maximum atomic E-state index is 6.84. The summed E-state index contributed by atoms with van der Waals surface area (Å²) in [6.45, 7) is 0. The van der Waals surface area contributed by atoms with Gasteiger partial charge in [-0.15, -0.1) is 0 Å². The molecule has 2 aromatic rings. The van der Waals surface area contributed by atoms with E-state index in [1.165, 1.54) is 50.6 Å². The second-order valence-electron chi connectivity index (χ2n) is 8.08. The number of anilines is 1. The molecule has 0 bridgehead atoms. The molecular weight excluding hydrogens is 326 g/mol. The lowest BCUT2D eigenvalue weighted by Crippen LogP contribution is -2.48. The first-order valence-corrected chi connectivity index (χ1v) is 9.85. The molecule has 1 atom stereocenters. The fourth-order valence-electron chi connectivity index (χ4n) is 4.39. The summed E-state index contributed by atoms with van der Waals surface area (Å²) in [4.78, 5) is 4.88. The van der Waals surface area contributed by atoms with E-state index in [1.807, 2.05) is 16.9 Å². The quantitative estimate of drug-likeness (QED) is 0.679. The molecule has 3 heterocycles. The average Bonchev–Trinajstić information content (AvgIpc) is 3.17. The SMILES string of the molecule is NC1(CC2CCCCC2)N=C(Nc2cc(C3CC3)[nH]n2)Nn2cccc21. The average molecular weight is 353 g/mol. The number of rotatable bonds is 4. The summed E-state index contributed by atoms with van der Waals surface area (Å²) < 4.78 is 1.98. The zero-order valence-corrected chi connectivity index (χ0v) is 15.0. The summed E-state index contributed by atoms with van der Waals surface area (Å²) in [5.74, 6) is 2.73. The third kappa shape index (κ3) is 3.00. The Labute approximate surface area is 153 Å². The van der Waals surface area contributed by atoms with Gasteiger partial charge in [0.2, 0.25) is 5.96 Å². The molecule has 2 fully saturated rings. The number of hydrogen-bond acceptors (Lipinski definition) is 5. The van der Waals surface area contributed by atoms with Gasteiger partial charge in [0.1, 0.15) is 0 Å². The molecule has 0 saturated heterocycles. The Morgan fingerprint density at radius 1 is 1.23 bits per heavy atom. The molecule has 2 aromatic heterocycles. The highest BCUT2D eigenvalue weighted by atomic mass is 15.5. The van der Waals surface area contributed by atoms with Gasteiger partial charge in [-0.3, -0.25) is 15.2 Å². The normalized spacial score (nSPS) is 26.1. The van der Waals surface area contributed by atoms with Crippen LogP contribution in [0.4, 0.5) is 5.82 Å². The highest BCUT2D eigenvalue weighted by Gasteiger charge is 2.37. The molecule has 2 saturated carbocycles. The van der Waals surface area contributed by atoms with Crippen LogP contribution in [0.25, 0.3) is 0 Å². The van der Waals surface area contributed by atoms with Gasteiger partial charge >= 0.3 is 0 Å². The largest absolute Gasteiger partial charge is 0.308 e. The predicted octanol–water partition coefficient (Wildman–Crippen LogP) is 3.20. The van der Waals surface area contributed by atoms with E-state index in [0.29, 0.717) is 17.8 Å². The smallest absolute Gasteiger partial charge is 0.218 e. The number of fused-ring (bicyclic) bond motifs is 1. The third-order valence-electron chi connectivity index (χ3n) is 5.92. The van der Waals surface area contributed by atoms with Crippen molar-refractivity contribution in [3.63, 3.8) is 0 Å². The zero-order chi connectivity index (χ0) is 17.6. The predicted molar refractivity (Wildman–Crippen MR) is 102 cm³/mol. The van der Waals surface area contributed by atoms with Crippen molar-refractivity contribution in [1.82, 2.24) is 14.9 Å². The lowest BCUT2D eigenvalue weighted by atomic mass is 9.82. The van der Waals surface area contributed by atoms with E-state index in [4.69, 9.17) is 10.7 Å². The van der Waals surface area contributed by atoms with Crippen LogP contribution in [-0.4, -0.2) is 20.8 Å². The molecule has 26 heavy (non-hydrogen) atoms. The molecule has 2 aliphatic carbocycles. The minimum absolute atomic E-state index is 0.645. The van der Waals surface area contributed by atoms with Gasteiger partial charge in [-0.2, -0.15) is 5.10 Å². The van der Waals surface area contributed by atoms with Crippen LogP contribution in [0, 0.1) is 5.92 Å². The van der Waals surface area contributed by atoms with Crippen molar-refractivity contribution >= 4 is 11.8 Å². The van der Waals surface area contributed by atoms with E-state index in [9.17, 15) is 0 Å². The van der Waals surface area contributed by atoms with Gasteiger partial charge in [0.25, 0.3) is 0 Å². The molecule has 0 radical (unpaired) electrons. The molecule has 1 aliphatic heterocycles. The van der Waals surface area contributed by atoms with Crippen molar-refractivity contribution in [3.05, 3.63) is 35.8 Å². The van der Waals surface area contributed by atoms with Crippen molar-refractivity contribution in [2.24, 2.45) is 16.6 Å². The summed E-state index contributed by atoms with van der Waals surface area (Å²) in [5, 5.41) is 10.8. The van der Waals surface area contributed by atoms with Gasteiger partial charge in [0.05, 0.1) is 5.69 Å². The van der Waals surface area contributed by atoms with Gasteiger partial charge < -0.3 is 11.1 Å². The zero-order valence-electron chi connectivity index (χ0n) is 15.0. The van der Waals surface area contributed by atoms with Crippen LogP contribution in [0.2, 0.25) is 0 Å². The van der Waals surface area contributed by atoms with Crippen LogP contribution in [0.5, 0.6) is 0 Å². The monoisotopic (exact) mass is 353 g/mol. The van der Waals surface area contributed by atoms with Crippen LogP contribution in [0.3, 0.4) is 0 Å². The summed E-state index contributed by atoms with van der Waals surface area (Å²) in [6, 6.07) is 6.16. The molecule has 1 unspecified atom stereocenters. The lowest BCUT2D eigenvalue weighted by Gasteiger charge is -2.36. The topological polar surface area (TPSA) is 96.0 Å². The van der Waals surface area contributed by atoms with Crippen LogP contribution in [0.1, 0.15) is 68.7 Å². The number of H-pyrrole nitrogens is 1. The van der Waals surface area contributed by atoms with Crippen molar-refractivity contribution in [1.29, 1.82) is 0 Å².